The number of rotatable bonds is 4. The lowest BCUT2D eigenvalue weighted by atomic mass is 10.2. The van der Waals surface area contributed by atoms with Gasteiger partial charge >= 0.3 is 0 Å². The standard InChI is InChI=1S/C16H24N4O2/c1-17-16(21)14-5-2-6-15(18-14)20-9-7-19(8-10-20)12-13-4-3-11-22-13/h2,5-6,13H,3-4,7-12H2,1H3,(H,17,21). The highest BCUT2D eigenvalue weighted by Crippen LogP contribution is 2.17. The maximum absolute atomic E-state index is 11.7. The van der Waals surface area contributed by atoms with Crippen molar-refractivity contribution in [1.82, 2.24) is 15.2 Å². The third kappa shape index (κ3) is 3.56. The van der Waals surface area contributed by atoms with Crippen molar-refractivity contribution >= 4 is 11.7 Å². The monoisotopic (exact) mass is 304 g/mol. The van der Waals surface area contributed by atoms with Gasteiger partial charge in [0, 0.05) is 46.4 Å². The van der Waals surface area contributed by atoms with E-state index in [2.05, 4.69) is 20.1 Å². The van der Waals surface area contributed by atoms with Gasteiger partial charge in [-0.3, -0.25) is 9.69 Å². The van der Waals surface area contributed by atoms with E-state index in [9.17, 15) is 4.79 Å². The summed E-state index contributed by atoms with van der Waals surface area (Å²) in [5.41, 5.74) is 0.474. The molecule has 0 aliphatic carbocycles. The highest BCUT2D eigenvalue weighted by molar-refractivity contribution is 5.92. The van der Waals surface area contributed by atoms with Gasteiger partial charge in [0.05, 0.1) is 6.10 Å². The van der Waals surface area contributed by atoms with E-state index in [-0.39, 0.29) is 5.91 Å². The Hall–Kier alpha value is -1.66. The predicted molar refractivity (Wildman–Crippen MR) is 85.3 cm³/mol. The number of pyridine rings is 1. The summed E-state index contributed by atoms with van der Waals surface area (Å²) in [5, 5.41) is 2.62. The van der Waals surface area contributed by atoms with E-state index < -0.39 is 0 Å². The molecule has 1 N–H and O–H groups in total. The molecule has 3 heterocycles. The maximum Gasteiger partial charge on any atom is 0.269 e. The van der Waals surface area contributed by atoms with Crippen LogP contribution < -0.4 is 10.2 Å². The van der Waals surface area contributed by atoms with E-state index in [1.54, 1.807) is 13.1 Å². The molecule has 2 aliphatic heterocycles. The van der Waals surface area contributed by atoms with Gasteiger partial charge in [-0.2, -0.15) is 0 Å². The van der Waals surface area contributed by atoms with Crippen LogP contribution in [-0.2, 0) is 4.74 Å². The van der Waals surface area contributed by atoms with Gasteiger partial charge in [-0.1, -0.05) is 6.07 Å². The molecule has 3 rings (SSSR count). The molecule has 1 amide bonds. The zero-order chi connectivity index (χ0) is 15.4. The molecule has 2 aliphatic rings. The maximum atomic E-state index is 11.7. The molecule has 0 aromatic carbocycles. The second kappa shape index (κ2) is 7.07. The molecule has 6 heteroatoms. The average molecular weight is 304 g/mol. The molecular weight excluding hydrogens is 280 g/mol. The highest BCUT2D eigenvalue weighted by Gasteiger charge is 2.23. The predicted octanol–water partition coefficient (Wildman–Crippen LogP) is 0.742. The van der Waals surface area contributed by atoms with E-state index >= 15 is 0 Å². The molecule has 1 aromatic heterocycles. The Bertz CT molecular complexity index is 509. The molecule has 1 aromatic rings. The number of carbonyl (C=O) groups is 1. The van der Waals surface area contributed by atoms with Crippen molar-refractivity contribution in [1.29, 1.82) is 0 Å². The number of carbonyl (C=O) groups excluding carboxylic acids is 1. The van der Waals surface area contributed by atoms with Gasteiger partial charge in [0.25, 0.3) is 5.91 Å². The van der Waals surface area contributed by atoms with Gasteiger partial charge in [-0.15, -0.1) is 0 Å². The summed E-state index contributed by atoms with van der Waals surface area (Å²) in [5.74, 6) is 0.747. The van der Waals surface area contributed by atoms with Crippen LogP contribution in [0.1, 0.15) is 23.3 Å². The first-order valence-corrected chi connectivity index (χ1v) is 8.04. The van der Waals surface area contributed by atoms with Crippen LogP contribution in [-0.4, -0.2) is 68.3 Å². The van der Waals surface area contributed by atoms with Gasteiger partial charge in [0.15, 0.2) is 0 Å². The second-order valence-electron chi connectivity index (χ2n) is 5.88. The Labute approximate surface area is 131 Å². The van der Waals surface area contributed by atoms with E-state index in [1.807, 2.05) is 12.1 Å². The molecule has 0 saturated carbocycles. The summed E-state index contributed by atoms with van der Waals surface area (Å²) in [6.07, 6.45) is 2.80. The van der Waals surface area contributed by atoms with Crippen molar-refractivity contribution in [2.24, 2.45) is 0 Å². The number of piperazine rings is 1. The Morgan fingerprint density at radius 3 is 2.86 bits per heavy atom. The molecule has 2 fully saturated rings. The second-order valence-corrected chi connectivity index (χ2v) is 5.88. The van der Waals surface area contributed by atoms with Crippen molar-refractivity contribution in [3.05, 3.63) is 23.9 Å². The zero-order valence-corrected chi connectivity index (χ0v) is 13.1. The van der Waals surface area contributed by atoms with Crippen LogP contribution in [0.3, 0.4) is 0 Å². The number of nitrogens with zero attached hydrogens (tertiary/aromatic N) is 3. The Balaban J connectivity index is 1.55. The first-order valence-electron chi connectivity index (χ1n) is 8.04. The van der Waals surface area contributed by atoms with E-state index in [0.29, 0.717) is 11.8 Å². The van der Waals surface area contributed by atoms with Gasteiger partial charge in [-0.25, -0.2) is 4.98 Å². The minimum Gasteiger partial charge on any atom is -0.377 e. The third-order valence-corrected chi connectivity index (χ3v) is 4.38. The van der Waals surface area contributed by atoms with Gasteiger partial charge < -0.3 is 15.0 Å². The summed E-state index contributed by atoms with van der Waals surface area (Å²) >= 11 is 0. The van der Waals surface area contributed by atoms with Crippen LogP contribution in [0.5, 0.6) is 0 Å². The number of aromatic nitrogens is 1. The lowest BCUT2D eigenvalue weighted by Crippen LogP contribution is -2.48. The number of nitrogens with one attached hydrogen (secondary N) is 1. The van der Waals surface area contributed by atoms with Crippen molar-refractivity contribution in [2.45, 2.75) is 18.9 Å². The van der Waals surface area contributed by atoms with Crippen LogP contribution in [0, 0.1) is 0 Å². The quantitative estimate of drug-likeness (QED) is 0.889. The summed E-state index contributed by atoms with van der Waals surface area (Å²) in [7, 11) is 1.63. The van der Waals surface area contributed by atoms with Gasteiger partial charge in [-0.05, 0) is 25.0 Å². The van der Waals surface area contributed by atoms with E-state index in [0.717, 1.165) is 45.1 Å². The van der Waals surface area contributed by atoms with Crippen LogP contribution in [0.15, 0.2) is 18.2 Å². The summed E-state index contributed by atoms with van der Waals surface area (Å²) < 4.78 is 5.71. The number of hydrogen-bond acceptors (Lipinski definition) is 5. The molecule has 0 spiro atoms. The van der Waals surface area contributed by atoms with Crippen molar-refractivity contribution in [3.8, 4) is 0 Å². The fourth-order valence-electron chi connectivity index (χ4n) is 3.09. The fraction of sp³-hybridized carbons (Fsp3) is 0.625. The molecule has 1 atom stereocenters. The highest BCUT2D eigenvalue weighted by atomic mass is 16.5. The molecular formula is C16H24N4O2. The normalized spacial score (nSPS) is 22.8. The third-order valence-electron chi connectivity index (χ3n) is 4.38. The molecule has 22 heavy (non-hydrogen) atoms. The summed E-state index contributed by atoms with van der Waals surface area (Å²) in [6, 6.07) is 5.61. The van der Waals surface area contributed by atoms with Crippen molar-refractivity contribution < 1.29 is 9.53 Å². The smallest absolute Gasteiger partial charge is 0.269 e. The first-order chi connectivity index (χ1) is 10.8. The Morgan fingerprint density at radius 2 is 2.18 bits per heavy atom. The lowest BCUT2D eigenvalue weighted by Gasteiger charge is -2.36. The van der Waals surface area contributed by atoms with E-state index in [4.69, 9.17) is 4.74 Å². The SMILES string of the molecule is CNC(=O)c1cccc(N2CCN(CC3CCCO3)CC2)n1. The number of amides is 1. The van der Waals surface area contributed by atoms with Crippen LogP contribution in [0.4, 0.5) is 5.82 Å². The van der Waals surface area contributed by atoms with Gasteiger partial charge in [0.2, 0.25) is 0 Å². The Kier molecular flexibility index (Phi) is 4.90. The molecule has 1 unspecified atom stereocenters. The Morgan fingerprint density at radius 1 is 1.36 bits per heavy atom. The summed E-state index contributed by atoms with van der Waals surface area (Å²) in [4.78, 5) is 20.9. The molecule has 2 saturated heterocycles. The van der Waals surface area contributed by atoms with Crippen LogP contribution in [0.2, 0.25) is 0 Å². The molecule has 6 nitrogen and oxygen atoms in total. The topological polar surface area (TPSA) is 57.7 Å². The average Bonchev–Trinajstić information content (AvgIpc) is 3.08. The first kappa shape index (κ1) is 15.2. The van der Waals surface area contributed by atoms with Crippen molar-refractivity contribution in [3.63, 3.8) is 0 Å². The lowest BCUT2D eigenvalue weighted by molar-refractivity contribution is 0.0712. The van der Waals surface area contributed by atoms with Crippen LogP contribution in [0.25, 0.3) is 0 Å². The number of ether oxygens (including phenoxy) is 1. The van der Waals surface area contributed by atoms with Crippen molar-refractivity contribution in [2.75, 3.05) is 51.3 Å². The van der Waals surface area contributed by atoms with E-state index in [1.165, 1.54) is 12.8 Å². The minimum absolute atomic E-state index is 0.140. The molecule has 0 bridgehead atoms. The fourth-order valence-corrected chi connectivity index (χ4v) is 3.09. The largest absolute Gasteiger partial charge is 0.377 e. The minimum atomic E-state index is -0.140. The number of anilines is 1. The van der Waals surface area contributed by atoms with Crippen LogP contribution >= 0.6 is 0 Å². The molecule has 120 valence electrons. The summed E-state index contributed by atoms with van der Waals surface area (Å²) in [6.45, 7) is 5.88. The zero-order valence-electron chi connectivity index (χ0n) is 13.1. The van der Waals surface area contributed by atoms with Gasteiger partial charge in [0.1, 0.15) is 11.5 Å². The molecule has 0 radical (unpaired) electrons. The number of hydrogen-bond donors (Lipinski definition) is 1.